The maximum absolute atomic E-state index is 12.4. The number of ether oxygens (including phenoxy) is 2. The van der Waals surface area contributed by atoms with Gasteiger partial charge in [-0.05, 0) is 50.1 Å². The van der Waals surface area contributed by atoms with Crippen molar-refractivity contribution in [2.75, 3.05) is 25.1 Å². The third-order valence-corrected chi connectivity index (χ3v) is 4.75. The van der Waals surface area contributed by atoms with E-state index in [1.54, 1.807) is 0 Å². The molecular weight excluding hydrogens is 320 g/mol. The van der Waals surface area contributed by atoms with E-state index in [1.807, 2.05) is 24.3 Å². The molecule has 3 rings (SSSR count). The van der Waals surface area contributed by atoms with Gasteiger partial charge in [0.05, 0.1) is 13.0 Å². The Labute approximate surface area is 148 Å². The minimum Gasteiger partial charge on any atom is -0.494 e. The van der Waals surface area contributed by atoms with Crippen molar-refractivity contribution in [1.29, 1.82) is 0 Å². The fourth-order valence-corrected chi connectivity index (χ4v) is 3.46. The summed E-state index contributed by atoms with van der Waals surface area (Å²) < 4.78 is 10.8. The summed E-state index contributed by atoms with van der Waals surface area (Å²) >= 11 is 0. The summed E-state index contributed by atoms with van der Waals surface area (Å²) in [7, 11) is 0. The lowest BCUT2D eigenvalue weighted by Crippen LogP contribution is -2.57. The molecule has 1 amide bonds. The van der Waals surface area contributed by atoms with Gasteiger partial charge in [0.15, 0.2) is 0 Å². The van der Waals surface area contributed by atoms with Crippen molar-refractivity contribution in [2.24, 2.45) is 0 Å². The van der Waals surface area contributed by atoms with Crippen molar-refractivity contribution >= 4 is 17.6 Å². The first-order valence-electron chi connectivity index (χ1n) is 9.12. The smallest absolute Gasteiger partial charge is 0.323 e. The lowest BCUT2D eigenvalue weighted by molar-refractivity contribution is -0.165. The van der Waals surface area contributed by atoms with Crippen LogP contribution in [0.25, 0.3) is 0 Å². The molecule has 136 valence electrons. The van der Waals surface area contributed by atoms with E-state index in [-0.39, 0.29) is 24.3 Å². The summed E-state index contributed by atoms with van der Waals surface area (Å²) in [5.41, 5.74) is 0.702. The molecule has 0 saturated carbocycles. The molecule has 1 N–H and O–H groups in total. The van der Waals surface area contributed by atoms with Crippen LogP contribution in [0.2, 0.25) is 0 Å². The van der Waals surface area contributed by atoms with Gasteiger partial charge in [-0.3, -0.25) is 14.5 Å². The topological polar surface area (TPSA) is 67.9 Å². The molecular formula is C19H26N2O4. The second-order valence-electron chi connectivity index (χ2n) is 6.66. The second-order valence-corrected chi connectivity index (χ2v) is 6.66. The summed E-state index contributed by atoms with van der Waals surface area (Å²) in [5, 5.41) is 2.86. The van der Waals surface area contributed by atoms with Crippen LogP contribution in [0.1, 0.15) is 39.0 Å². The Kier molecular flexibility index (Phi) is 5.91. The van der Waals surface area contributed by atoms with E-state index in [9.17, 15) is 9.59 Å². The summed E-state index contributed by atoms with van der Waals surface area (Å²) in [6.45, 7) is 4.04. The normalized spacial score (nSPS) is 23.5. The molecule has 6 heteroatoms. The van der Waals surface area contributed by atoms with Gasteiger partial charge in [0.2, 0.25) is 5.91 Å². The number of rotatable bonds is 6. The predicted molar refractivity (Wildman–Crippen MR) is 94.6 cm³/mol. The Bertz CT molecular complexity index is 602. The van der Waals surface area contributed by atoms with Crippen molar-refractivity contribution < 1.29 is 19.1 Å². The van der Waals surface area contributed by atoms with E-state index in [1.165, 1.54) is 0 Å². The average Bonchev–Trinajstić information content (AvgIpc) is 2.63. The van der Waals surface area contributed by atoms with Crippen molar-refractivity contribution in [3.63, 3.8) is 0 Å². The Morgan fingerprint density at radius 3 is 2.88 bits per heavy atom. The molecule has 0 bridgehead atoms. The number of amides is 1. The summed E-state index contributed by atoms with van der Waals surface area (Å²) in [4.78, 5) is 26.7. The Balaban J connectivity index is 1.56. The maximum Gasteiger partial charge on any atom is 0.323 e. The fraction of sp³-hybridized carbons (Fsp3) is 0.579. The average molecular weight is 346 g/mol. The molecule has 2 aliphatic rings. The quantitative estimate of drug-likeness (QED) is 0.802. The third kappa shape index (κ3) is 4.51. The lowest BCUT2D eigenvalue weighted by Gasteiger charge is -2.43. The zero-order valence-electron chi connectivity index (χ0n) is 14.7. The standard InChI is InChI=1S/C19H26N2O4/c1-2-11-24-16-8-6-14(7-9-16)20-18(22)12-17-19(23)25-13-15-5-3-4-10-21(15)17/h6-9,15,17H,2-5,10-13H2,1H3,(H,20,22)/t15-,17+/m0/s1. The zero-order chi connectivity index (χ0) is 17.6. The fourth-order valence-electron chi connectivity index (χ4n) is 3.46. The van der Waals surface area contributed by atoms with E-state index >= 15 is 0 Å². The first kappa shape index (κ1) is 17.7. The van der Waals surface area contributed by atoms with Gasteiger partial charge in [0.1, 0.15) is 18.4 Å². The van der Waals surface area contributed by atoms with Crippen LogP contribution in [0.15, 0.2) is 24.3 Å². The van der Waals surface area contributed by atoms with Crippen LogP contribution in [-0.2, 0) is 14.3 Å². The molecule has 0 aromatic heterocycles. The Morgan fingerprint density at radius 2 is 2.12 bits per heavy atom. The first-order chi connectivity index (χ1) is 12.2. The molecule has 0 unspecified atom stereocenters. The monoisotopic (exact) mass is 346 g/mol. The van der Waals surface area contributed by atoms with Crippen molar-refractivity contribution in [3.05, 3.63) is 24.3 Å². The molecule has 0 spiro atoms. The number of carbonyl (C=O) groups excluding carboxylic acids is 2. The van der Waals surface area contributed by atoms with Crippen LogP contribution >= 0.6 is 0 Å². The summed E-state index contributed by atoms with van der Waals surface area (Å²) in [6.07, 6.45) is 4.34. The van der Waals surface area contributed by atoms with Crippen LogP contribution < -0.4 is 10.1 Å². The van der Waals surface area contributed by atoms with Crippen LogP contribution in [0, 0.1) is 0 Å². The van der Waals surface area contributed by atoms with Gasteiger partial charge >= 0.3 is 5.97 Å². The van der Waals surface area contributed by atoms with Gasteiger partial charge in [-0.1, -0.05) is 13.3 Å². The predicted octanol–water partition coefficient (Wildman–Crippen LogP) is 2.58. The molecule has 2 fully saturated rings. The highest BCUT2D eigenvalue weighted by Gasteiger charge is 2.40. The number of morpholine rings is 1. The molecule has 2 saturated heterocycles. The minimum absolute atomic E-state index is 0.128. The van der Waals surface area contributed by atoms with Gasteiger partial charge in [0.25, 0.3) is 0 Å². The number of nitrogens with one attached hydrogen (secondary N) is 1. The highest BCUT2D eigenvalue weighted by Crippen LogP contribution is 2.26. The van der Waals surface area contributed by atoms with Crippen molar-refractivity contribution in [2.45, 2.75) is 51.1 Å². The van der Waals surface area contributed by atoms with Gasteiger partial charge < -0.3 is 14.8 Å². The van der Waals surface area contributed by atoms with Crippen LogP contribution in [0.4, 0.5) is 5.69 Å². The van der Waals surface area contributed by atoms with Crippen LogP contribution in [0.3, 0.4) is 0 Å². The molecule has 25 heavy (non-hydrogen) atoms. The van der Waals surface area contributed by atoms with E-state index in [0.29, 0.717) is 18.9 Å². The number of fused-ring (bicyclic) bond motifs is 1. The van der Waals surface area contributed by atoms with Gasteiger partial charge in [0, 0.05) is 11.7 Å². The number of piperidine rings is 1. The van der Waals surface area contributed by atoms with E-state index in [2.05, 4.69) is 17.1 Å². The lowest BCUT2D eigenvalue weighted by atomic mass is 9.97. The SMILES string of the molecule is CCCOc1ccc(NC(=O)C[C@@H]2C(=O)OC[C@@H]3CCCCN32)cc1. The van der Waals surface area contributed by atoms with Gasteiger partial charge in [-0.2, -0.15) is 0 Å². The van der Waals surface area contributed by atoms with Crippen molar-refractivity contribution in [3.8, 4) is 5.75 Å². The number of carbonyl (C=O) groups is 2. The van der Waals surface area contributed by atoms with Crippen molar-refractivity contribution in [1.82, 2.24) is 4.90 Å². The molecule has 2 heterocycles. The van der Waals surface area contributed by atoms with Crippen LogP contribution in [-0.4, -0.2) is 48.6 Å². The number of cyclic esters (lactones) is 1. The third-order valence-electron chi connectivity index (χ3n) is 4.75. The summed E-state index contributed by atoms with van der Waals surface area (Å²) in [6, 6.07) is 7.09. The van der Waals surface area contributed by atoms with E-state index in [4.69, 9.17) is 9.47 Å². The number of hydrogen-bond acceptors (Lipinski definition) is 5. The molecule has 2 aliphatic heterocycles. The number of nitrogens with zero attached hydrogens (tertiary/aromatic N) is 1. The number of anilines is 1. The van der Waals surface area contributed by atoms with Gasteiger partial charge in [-0.15, -0.1) is 0 Å². The Hall–Kier alpha value is -2.08. The highest BCUT2D eigenvalue weighted by atomic mass is 16.5. The Morgan fingerprint density at radius 1 is 1.32 bits per heavy atom. The molecule has 1 aromatic carbocycles. The number of hydrogen-bond donors (Lipinski definition) is 1. The second kappa shape index (κ2) is 8.34. The molecule has 6 nitrogen and oxygen atoms in total. The summed E-state index contributed by atoms with van der Waals surface area (Å²) in [5.74, 6) is 0.332. The first-order valence-corrected chi connectivity index (χ1v) is 9.12. The van der Waals surface area contributed by atoms with E-state index < -0.39 is 6.04 Å². The van der Waals surface area contributed by atoms with Gasteiger partial charge in [-0.25, -0.2) is 0 Å². The number of esters is 1. The zero-order valence-corrected chi connectivity index (χ0v) is 14.7. The maximum atomic E-state index is 12.4. The molecule has 1 aromatic rings. The highest BCUT2D eigenvalue weighted by molar-refractivity contribution is 5.94. The molecule has 0 aliphatic carbocycles. The molecule has 2 atom stereocenters. The molecule has 0 radical (unpaired) electrons. The minimum atomic E-state index is -0.466. The van der Waals surface area contributed by atoms with Crippen LogP contribution in [0.5, 0.6) is 5.75 Å². The largest absolute Gasteiger partial charge is 0.494 e. The van der Waals surface area contributed by atoms with E-state index in [0.717, 1.165) is 38.0 Å². The number of benzene rings is 1.